The number of hydrogen-bond donors (Lipinski definition) is 0. The Labute approximate surface area is 198 Å². The highest BCUT2D eigenvalue weighted by atomic mass is 35.5. The lowest BCUT2D eigenvalue weighted by Crippen LogP contribution is -2.33. The minimum absolute atomic E-state index is 0.0666. The van der Waals surface area contributed by atoms with Crippen LogP contribution in [0.3, 0.4) is 0 Å². The van der Waals surface area contributed by atoms with E-state index in [1.54, 1.807) is 35.2 Å². The molecular formula is C23H28ClN3O3S2. The van der Waals surface area contributed by atoms with Gasteiger partial charge in [0.1, 0.15) is 0 Å². The smallest absolute Gasteiger partial charge is 0.228 e. The molecule has 1 amide bonds. The molecule has 0 aliphatic rings. The zero-order chi connectivity index (χ0) is 23.3. The average molecular weight is 494 g/mol. The lowest BCUT2D eigenvalue weighted by Gasteiger charge is -2.21. The molecule has 0 N–H and O–H groups in total. The van der Waals surface area contributed by atoms with Gasteiger partial charge in [-0.15, -0.1) is 0 Å². The van der Waals surface area contributed by atoms with Gasteiger partial charge in [0.25, 0.3) is 0 Å². The standard InChI is InChI=1S/C23H28ClN3O3S2/c1-17-15-18(24)16-20-22(17)25-23(31-20)27(13-8-12-26(2)3)21(28)11-7-14-32(29,30)19-9-5-4-6-10-19/h4-6,9-10,15-16H,7-8,11-14H2,1-3H3. The highest BCUT2D eigenvalue weighted by Gasteiger charge is 2.22. The highest BCUT2D eigenvalue weighted by molar-refractivity contribution is 7.91. The molecule has 0 aliphatic carbocycles. The second-order valence-corrected chi connectivity index (χ2v) is 11.6. The van der Waals surface area contributed by atoms with Crippen molar-refractivity contribution in [2.75, 3.05) is 37.8 Å². The van der Waals surface area contributed by atoms with Crippen molar-refractivity contribution in [2.45, 2.75) is 31.1 Å². The molecule has 1 heterocycles. The number of rotatable bonds is 10. The molecule has 3 aromatic rings. The summed E-state index contributed by atoms with van der Waals surface area (Å²) in [5.74, 6) is -0.183. The number of sulfone groups is 1. The number of thiazole rings is 1. The predicted octanol–water partition coefficient (Wildman–Crippen LogP) is 4.80. The van der Waals surface area contributed by atoms with Gasteiger partial charge in [0.15, 0.2) is 15.0 Å². The van der Waals surface area contributed by atoms with E-state index in [-0.39, 0.29) is 29.4 Å². The van der Waals surface area contributed by atoms with E-state index in [1.807, 2.05) is 33.2 Å². The third-order valence-corrected chi connectivity index (χ3v) is 8.12. The van der Waals surface area contributed by atoms with E-state index >= 15 is 0 Å². The summed E-state index contributed by atoms with van der Waals surface area (Å²) in [6.07, 6.45) is 1.19. The highest BCUT2D eigenvalue weighted by Crippen LogP contribution is 2.33. The molecule has 3 rings (SSSR count). The molecule has 0 aliphatic heterocycles. The molecule has 9 heteroatoms. The predicted molar refractivity (Wildman–Crippen MR) is 133 cm³/mol. The van der Waals surface area contributed by atoms with Crippen LogP contribution in [0.1, 0.15) is 24.8 Å². The van der Waals surface area contributed by atoms with Crippen molar-refractivity contribution in [2.24, 2.45) is 0 Å². The van der Waals surface area contributed by atoms with Crippen molar-refractivity contribution in [3.63, 3.8) is 0 Å². The van der Waals surface area contributed by atoms with Crippen LogP contribution in [0.25, 0.3) is 10.2 Å². The quantitative estimate of drug-likeness (QED) is 0.406. The minimum atomic E-state index is -3.41. The average Bonchev–Trinajstić information content (AvgIpc) is 3.15. The number of aryl methyl sites for hydroxylation is 1. The Balaban J connectivity index is 1.75. The Bertz CT molecular complexity index is 1180. The molecule has 2 aromatic carbocycles. The summed E-state index contributed by atoms with van der Waals surface area (Å²) in [6, 6.07) is 12.1. The van der Waals surface area contributed by atoms with Gasteiger partial charge in [-0.2, -0.15) is 0 Å². The zero-order valence-corrected chi connectivity index (χ0v) is 20.9. The van der Waals surface area contributed by atoms with Crippen LogP contribution in [-0.2, 0) is 14.6 Å². The third-order valence-electron chi connectivity index (χ3n) is 5.06. The van der Waals surface area contributed by atoms with Gasteiger partial charge in [-0.3, -0.25) is 9.69 Å². The van der Waals surface area contributed by atoms with E-state index < -0.39 is 9.84 Å². The van der Waals surface area contributed by atoms with Gasteiger partial charge in [-0.25, -0.2) is 13.4 Å². The summed E-state index contributed by atoms with van der Waals surface area (Å²) in [7, 11) is 0.569. The summed E-state index contributed by atoms with van der Waals surface area (Å²) in [4.78, 5) is 21.9. The normalized spacial score (nSPS) is 11.9. The van der Waals surface area contributed by atoms with Crippen molar-refractivity contribution < 1.29 is 13.2 Å². The van der Waals surface area contributed by atoms with Crippen LogP contribution in [0.2, 0.25) is 5.02 Å². The van der Waals surface area contributed by atoms with E-state index in [4.69, 9.17) is 16.6 Å². The van der Waals surface area contributed by atoms with Crippen molar-refractivity contribution in [3.05, 3.63) is 53.1 Å². The Morgan fingerprint density at radius 3 is 2.50 bits per heavy atom. The third kappa shape index (κ3) is 6.28. The lowest BCUT2D eigenvalue weighted by molar-refractivity contribution is -0.118. The first-order valence-corrected chi connectivity index (χ1v) is 13.3. The fourth-order valence-electron chi connectivity index (χ4n) is 3.42. The first kappa shape index (κ1) is 24.6. The van der Waals surface area contributed by atoms with Crippen LogP contribution < -0.4 is 4.90 Å². The van der Waals surface area contributed by atoms with E-state index in [9.17, 15) is 13.2 Å². The fourth-order valence-corrected chi connectivity index (χ4v) is 6.22. The molecule has 0 bridgehead atoms. The molecule has 0 radical (unpaired) electrons. The number of anilines is 1. The first-order valence-electron chi connectivity index (χ1n) is 10.5. The van der Waals surface area contributed by atoms with Gasteiger partial charge in [0.05, 0.1) is 20.9 Å². The van der Waals surface area contributed by atoms with Gasteiger partial charge in [-0.1, -0.05) is 41.1 Å². The molecule has 0 fully saturated rings. The largest absolute Gasteiger partial charge is 0.309 e. The summed E-state index contributed by atoms with van der Waals surface area (Å²) in [5.41, 5.74) is 1.80. The lowest BCUT2D eigenvalue weighted by atomic mass is 10.2. The van der Waals surface area contributed by atoms with Crippen LogP contribution in [0.15, 0.2) is 47.4 Å². The molecule has 0 atom stereocenters. The Kier molecular flexibility index (Phi) is 8.27. The zero-order valence-electron chi connectivity index (χ0n) is 18.5. The molecule has 0 spiro atoms. The van der Waals surface area contributed by atoms with Gasteiger partial charge in [0, 0.05) is 18.0 Å². The minimum Gasteiger partial charge on any atom is -0.309 e. The van der Waals surface area contributed by atoms with Crippen LogP contribution >= 0.6 is 22.9 Å². The van der Waals surface area contributed by atoms with Crippen LogP contribution in [-0.4, -0.2) is 57.1 Å². The van der Waals surface area contributed by atoms with Crippen molar-refractivity contribution in [1.29, 1.82) is 0 Å². The fraction of sp³-hybridized carbons (Fsp3) is 0.391. The molecule has 32 heavy (non-hydrogen) atoms. The maximum Gasteiger partial charge on any atom is 0.228 e. The second kappa shape index (κ2) is 10.7. The number of halogens is 1. The number of fused-ring (bicyclic) bond motifs is 1. The number of benzene rings is 2. The summed E-state index contributed by atoms with van der Waals surface area (Å²) in [6.45, 7) is 3.31. The molecule has 0 unspecified atom stereocenters. The maximum atomic E-state index is 13.1. The Morgan fingerprint density at radius 2 is 1.81 bits per heavy atom. The maximum absolute atomic E-state index is 13.1. The van der Waals surface area contributed by atoms with Crippen molar-refractivity contribution in [3.8, 4) is 0 Å². The molecule has 1 aromatic heterocycles. The number of carbonyl (C=O) groups excluding carboxylic acids is 1. The second-order valence-electron chi connectivity index (χ2n) is 8.00. The van der Waals surface area contributed by atoms with Crippen molar-refractivity contribution >= 4 is 54.0 Å². The molecule has 6 nitrogen and oxygen atoms in total. The number of amides is 1. The SMILES string of the molecule is Cc1cc(Cl)cc2sc(N(CCCN(C)C)C(=O)CCCS(=O)(=O)c3ccccc3)nc12. The monoisotopic (exact) mass is 493 g/mol. The van der Waals surface area contributed by atoms with Crippen molar-refractivity contribution in [1.82, 2.24) is 9.88 Å². The first-order chi connectivity index (χ1) is 15.2. The number of aromatic nitrogens is 1. The number of hydrogen-bond acceptors (Lipinski definition) is 6. The summed E-state index contributed by atoms with van der Waals surface area (Å²) < 4.78 is 26.0. The molecular weight excluding hydrogens is 466 g/mol. The molecule has 172 valence electrons. The Morgan fingerprint density at radius 1 is 1.09 bits per heavy atom. The Hall–Kier alpha value is -2.00. The molecule has 0 saturated carbocycles. The number of nitrogens with zero attached hydrogens (tertiary/aromatic N) is 3. The van der Waals surface area contributed by atoms with E-state index in [2.05, 4.69) is 4.90 Å². The van der Waals surface area contributed by atoms with Gasteiger partial charge >= 0.3 is 0 Å². The van der Waals surface area contributed by atoms with E-state index in [0.717, 1.165) is 28.7 Å². The summed E-state index contributed by atoms with van der Waals surface area (Å²) in [5, 5.41) is 1.27. The topological polar surface area (TPSA) is 70.6 Å². The van der Waals surface area contributed by atoms with Gasteiger partial charge < -0.3 is 4.90 Å². The summed E-state index contributed by atoms with van der Waals surface area (Å²) >= 11 is 7.63. The van der Waals surface area contributed by atoms with Gasteiger partial charge in [0.2, 0.25) is 5.91 Å². The van der Waals surface area contributed by atoms with E-state index in [0.29, 0.717) is 16.7 Å². The molecule has 0 saturated heterocycles. The van der Waals surface area contributed by atoms with Crippen LogP contribution in [0.5, 0.6) is 0 Å². The van der Waals surface area contributed by atoms with Crippen LogP contribution in [0.4, 0.5) is 5.13 Å². The number of carbonyl (C=O) groups is 1. The van der Waals surface area contributed by atoms with Crippen LogP contribution in [0, 0.1) is 6.92 Å². The van der Waals surface area contributed by atoms with Gasteiger partial charge in [-0.05, 0) is 70.2 Å². The van der Waals surface area contributed by atoms with E-state index in [1.165, 1.54) is 11.3 Å².